The Hall–Kier alpha value is -2.08. The van der Waals surface area contributed by atoms with E-state index in [0.29, 0.717) is 31.1 Å². The molecule has 0 saturated carbocycles. The van der Waals surface area contributed by atoms with Gasteiger partial charge in [0, 0.05) is 50.7 Å². The second-order valence-electron chi connectivity index (χ2n) is 9.41. The molecule has 0 aliphatic carbocycles. The van der Waals surface area contributed by atoms with Crippen molar-refractivity contribution in [2.75, 3.05) is 26.7 Å². The number of fused-ring (bicyclic) bond motifs is 3. The van der Waals surface area contributed by atoms with Crippen LogP contribution < -0.4 is 10.6 Å². The third-order valence-corrected chi connectivity index (χ3v) is 7.33. The maximum atomic E-state index is 12.7. The quantitative estimate of drug-likeness (QED) is 0.418. The van der Waals surface area contributed by atoms with E-state index in [1.54, 1.807) is 0 Å². The van der Waals surface area contributed by atoms with Gasteiger partial charge in [-0.3, -0.25) is 9.79 Å². The van der Waals surface area contributed by atoms with E-state index in [2.05, 4.69) is 53.8 Å². The van der Waals surface area contributed by atoms with Crippen LogP contribution in [0.2, 0.25) is 0 Å². The van der Waals surface area contributed by atoms with Crippen molar-refractivity contribution < 1.29 is 4.79 Å². The zero-order valence-electron chi connectivity index (χ0n) is 19.3. The number of carbonyl (C=O) groups is 1. The molecule has 3 aliphatic heterocycles. The molecule has 2 N–H and O–H groups in total. The maximum Gasteiger partial charge on any atom is 0.222 e. The Kier molecular flexibility index (Phi) is 7.49. The molecule has 2 bridgehead atoms. The molecule has 4 rings (SSSR count). The van der Waals surface area contributed by atoms with Crippen molar-refractivity contribution in [1.29, 1.82) is 0 Å². The smallest absolute Gasteiger partial charge is 0.222 e. The monoisotopic (exact) mass is 425 g/mol. The minimum Gasteiger partial charge on any atom is -0.357 e. The van der Waals surface area contributed by atoms with Gasteiger partial charge in [0.05, 0.1) is 0 Å². The number of nitrogens with zero attached hydrogens (tertiary/aromatic N) is 3. The normalized spacial score (nSPS) is 26.3. The van der Waals surface area contributed by atoms with Gasteiger partial charge in [-0.05, 0) is 63.6 Å². The molecule has 2 fully saturated rings. The fraction of sp³-hybridized carbons (Fsp3) is 0.680. The molecule has 6 heteroatoms. The lowest BCUT2D eigenvalue weighted by molar-refractivity contribution is -0.132. The molecule has 1 aromatic carbocycles. The van der Waals surface area contributed by atoms with E-state index >= 15 is 0 Å². The van der Waals surface area contributed by atoms with E-state index in [1.165, 1.54) is 43.2 Å². The third-order valence-electron chi connectivity index (χ3n) is 7.33. The molecular weight excluding hydrogens is 386 g/mol. The van der Waals surface area contributed by atoms with Crippen LogP contribution in [0.3, 0.4) is 0 Å². The van der Waals surface area contributed by atoms with Gasteiger partial charge in [-0.1, -0.05) is 30.7 Å². The predicted molar refractivity (Wildman–Crippen MR) is 126 cm³/mol. The number of nitrogens with one attached hydrogen (secondary N) is 2. The first kappa shape index (κ1) is 22.1. The molecule has 170 valence electrons. The van der Waals surface area contributed by atoms with Gasteiger partial charge in [0.1, 0.15) is 0 Å². The van der Waals surface area contributed by atoms with Gasteiger partial charge < -0.3 is 20.4 Å². The van der Waals surface area contributed by atoms with Crippen molar-refractivity contribution >= 4 is 11.9 Å². The van der Waals surface area contributed by atoms with E-state index < -0.39 is 0 Å². The number of rotatable bonds is 6. The molecule has 0 spiro atoms. The fourth-order valence-electron chi connectivity index (χ4n) is 5.53. The van der Waals surface area contributed by atoms with Crippen molar-refractivity contribution in [2.45, 2.75) is 83.0 Å². The molecule has 0 aromatic heterocycles. The summed E-state index contributed by atoms with van der Waals surface area (Å²) in [7, 11) is 2.29. The highest BCUT2D eigenvalue weighted by Crippen LogP contribution is 2.32. The van der Waals surface area contributed by atoms with Gasteiger partial charge in [0.2, 0.25) is 5.91 Å². The topological polar surface area (TPSA) is 60.0 Å². The number of carbonyl (C=O) groups excluding carboxylic acids is 1. The summed E-state index contributed by atoms with van der Waals surface area (Å²) in [5, 5.41) is 7.08. The number of hydrogen-bond acceptors (Lipinski definition) is 3. The number of amides is 1. The molecule has 6 nitrogen and oxygen atoms in total. The average molecular weight is 426 g/mol. The van der Waals surface area contributed by atoms with Gasteiger partial charge in [-0.25, -0.2) is 0 Å². The Morgan fingerprint density at radius 3 is 2.65 bits per heavy atom. The summed E-state index contributed by atoms with van der Waals surface area (Å²) in [6.45, 7) is 5.24. The highest BCUT2D eigenvalue weighted by molar-refractivity contribution is 5.80. The summed E-state index contributed by atoms with van der Waals surface area (Å²) in [6, 6.07) is 10.4. The molecule has 2 atom stereocenters. The van der Waals surface area contributed by atoms with Crippen LogP contribution in [0.25, 0.3) is 0 Å². The maximum absolute atomic E-state index is 12.7. The van der Waals surface area contributed by atoms with Crippen LogP contribution in [0, 0.1) is 0 Å². The summed E-state index contributed by atoms with van der Waals surface area (Å²) in [5.74, 6) is 1.17. The summed E-state index contributed by atoms with van der Waals surface area (Å²) in [4.78, 5) is 22.1. The van der Waals surface area contributed by atoms with Gasteiger partial charge in [0.25, 0.3) is 0 Å². The molecule has 3 heterocycles. The summed E-state index contributed by atoms with van der Waals surface area (Å²) >= 11 is 0. The van der Waals surface area contributed by atoms with E-state index in [9.17, 15) is 4.79 Å². The lowest BCUT2D eigenvalue weighted by Gasteiger charge is -2.47. The number of aliphatic imine (C=N–C) groups is 1. The molecule has 0 radical (unpaired) electrons. The lowest BCUT2D eigenvalue weighted by Crippen LogP contribution is -2.56. The zero-order chi connectivity index (χ0) is 21.6. The highest BCUT2D eigenvalue weighted by atomic mass is 16.2. The second kappa shape index (κ2) is 10.5. The Balaban J connectivity index is 1.23. The number of hydrogen-bond donors (Lipinski definition) is 2. The highest BCUT2D eigenvalue weighted by Gasteiger charge is 2.36. The number of piperidine rings is 2. The van der Waals surface area contributed by atoms with Gasteiger partial charge in [-0.15, -0.1) is 0 Å². The fourth-order valence-corrected chi connectivity index (χ4v) is 5.53. The molecular formula is C25H39N5O. The summed E-state index contributed by atoms with van der Waals surface area (Å²) in [6.07, 6.45) is 8.75. The zero-order valence-corrected chi connectivity index (χ0v) is 19.3. The minimum atomic E-state index is 0.255. The first-order valence-corrected chi connectivity index (χ1v) is 12.3. The Morgan fingerprint density at radius 2 is 1.90 bits per heavy atom. The van der Waals surface area contributed by atoms with Crippen LogP contribution in [-0.4, -0.2) is 66.5 Å². The van der Waals surface area contributed by atoms with E-state index in [-0.39, 0.29) is 5.91 Å². The van der Waals surface area contributed by atoms with Crippen molar-refractivity contribution in [3.63, 3.8) is 0 Å². The van der Waals surface area contributed by atoms with Crippen molar-refractivity contribution in [1.82, 2.24) is 20.4 Å². The van der Waals surface area contributed by atoms with Crippen LogP contribution >= 0.6 is 0 Å². The number of guanidine groups is 1. The molecule has 31 heavy (non-hydrogen) atoms. The van der Waals surface area contributed by atoms with E-state index in [4.69, 9.17) is 4.99 Å². The summed E-state index contributed by atoms with van der Waals surface area (Å²) < 4.78 is 0. The molecule has 1 aromatic rings. The first-order valence-electron chi connectivity index (χ1n) is 12.3. The molecule has 3 aliphatic rings. The SMILES string of the molecule is CCNC(=NCCCC(=O)N1CCc2ccccc2C1)NC1CC2CCCC(C1)N2C. The van der Waals surface area contributed by atoms with Crippen LogP contribution in [0.5, 0.6) is 0 Å². The first-order chi connectivity index (χ1) is 15.1. The van der Waals surface area contributed by atoms with Crippen LogP contribution in [0.1, 0.15) is 63.0 Å². The van der Waals surface area contributed by atoms with Gasteiger partial charge >= 0.3 is 0 Å². The largest absolute Gasteiger partial charge is 0.357 e. The second-order valence-corrected chi connectivity index (χ2v) is 9.41. The van der Waals surface area contributed by atoms with Crippen molar-refractivity contribution in [3.8, 4) is 0 Å². The Bertz CT molecular complexity index is 765. The van der Waals surface area contributed by atoms with Gasteiger partial charge in [-0.2, -0.15) is 0 Å². The minimum absolute atomic E-state index is 0.255. The predicted octanol–water partition coefficient (Wildman–Crippen LogP) is 2.92. The average Bonchev–Trinajstić information content (AvgIpc) is 2.77. The Labute approximate surface area is 187 Å². The third kappa shape index (κ3) is 5.59. The molecule has 1 amide bonds. The van der Waals surface area contributed by atoms with Gasteiger partial charge in [0.15, 0.2) is 5.96 Å². The molecule has 2 unspecified atom stereocenters. The Morgan fingerprint density at radius 1 is 1.16 bits per heavy atom. The lowest BCUT2D eigenvalue weighted by atomic mass is 9.82. The summed E-state index contributed by atoms with van der Waals surface area (Å²) in [5.41, 5.74) is 2.68. The van der Waals surface area contributed by atoms with Crippen molar-refractivity contribution in [2.24, 2.45) is 4.99 Å². The van der Waals surface area contributed by atoms with Crippen LogP contribution in [0.15, 0.2) is 29.3 Å². The van der Waals surface area contributed by atoms with E-state index in [1.807, 2.05) is 4.90 Å². The standard InChI is InChI=1S/C25H39N5O/c1-3-26-25(28-21-16-22-10-6-11-23(17-21)29(22)2)27-14-7-12-24(31)30-15-13-19-8-4-5-9-20(19)18-30/h4-5,8-9,21-23H,3,6-7,10-18H2,1-2H3,(H2,26,27,28). The van der Waals surface area contributed by atoms with Crippen LogP contribution in [0.4, 0.5) is 0 Å². The number of benzene rings is 1. The van der Waals surface area contributed by atoms with Crippen molar-refractivity contribution in [3.05, 3.63) is 35.4 Å². The van der Waals surface area contributed by atoms with Crippen LogP contribution in [-0.2, 0) is 17.8 Å². The van der Waals surface area contributed by atoms with E-state index in [0.717, 1.165) is 38.4 Å². The molecule has 2 saturated heterocycles.